The number of allylic oxidation sites excluding steroid dienone is 12. The molecule has 0 aromatic carbocycles. The molecule has 0 saturated heterocycles. The molecule has 1 unspecified atom stereocenters. The van der Waals surface area contributed by atoms with Crippen LogP contribution < -0.4 is 0 Å². The van der Waals surface area contributed by atoms with Crippen molar-refractivity contribution < 1.29 is 0 Å². The molecular formula is C15H14. The Morgan fingerprint density at radius 1 is 1.13 bits per heavy atom. The molecule has 0 aromatic heterocycles. The molecule has 74 valence electrons. The molecular weight excluding hydrogens is 180 g/mol. The molecule has 3 rings (SSSR count). The van der Waals surface area contributed by atoms with E-state index >= 15 is 0 Å². The van der Waals surface area contributed by atoms with Crippen molar-refractivity contribution in [3.63, 3.8) is 0 Å². The molecule has 0 amide bonds. The highest BCUT2D eigenvalue weighted by Gasteiger charge is 2.18. The Morgan fingerprint density at radius 2 is 2.07 bits per heavy atom. The van der Waals surface area contributed by atoms with E-state index < -0.39 is 0 Å². The van der Waals surface area contributed by atoms with Gasteiger partial charge >= 0.3 is 0 Å². The van der Waals surface area contributed by atoms with Gasteiger partial charge in [-0.25, -0.2) is 0 Å². The fourth-order valence-electron chi connectivity index (χ4n) is 2.33. The SMILES string of the molecule is CC1=CC2=CC3=CCC=CC3=CC2C=C1. The van der Waals surface area contributed by atoms with E-state index in [1.54, 1.807) is 0 Å². The predicted molar refractivity (Wildman–Crippen MR) is 64.4 cm³/mol. The molecule has 0 heterocycles. The summed E-state index contributed by atoms with van der Waals surface area (Å²) in [5.74, 6) is 0.489. The lowest BCUT2D eigenvalue weighted by Crippen LogP contribution is -2.08. The third-order valence-electron chi connectivity index (χ3n) is 3.13. The quantitative estimate of drug-likeness (QED) is 0.549. The van der Waals surface area contributed by atoms with Crippen molar-refractivity contribution in [1.29, 1.82) is 0 Å². The van der Waals surface area contributed by atoms with Gasteiger partial charge in [0, 0.05) is 5.92 Å². The molecule has 0 radical (unpaired) electrons. The Morgan fingerprint density at radius 3 is 3.00 bits per heavy atom. The lowest BCUT2D eigenvalue weighted by molar-refractivity contribution is 0.953. The lowest BCUT2D eigenvalue weighted by atomic mass is 9.81. The molecule has 0 spiro atoms. The third-order valence-corrected chi connectivity index (χ3v) is 3.13. The van der Waals surface area contributed by atoms with Crippen LogP contribution in [0.15, 0.2) is 70.9 Å². The van der Waals surface area contributed by atoms with E-state index in [0.29, 0.717) is 5.92 Å². The summed E-state index contributed by atoms with van der Waals surface area (Å²) in [6.45, 7) is 2.15. The standard InChI is InChI=1S/C15H14/c1-11-6-7-14-9-12-4-2-3-5-13(12)10-15(14)8-11/h2,4-10,14H,3H2,1H3. The third kappa shape index (κ3) is 1.46. The second kappa shape index (κ2) is 3.23. The smallest absolute Gasteiger partial charge is 0.0211 e. The summed E-state index contributed by atoms with van der Waals surface area (Å²) in [5.41, 5.74) is 5.55. The molecule has 0 bridgehead atoms. The van der Waals surface area contributed by atoms with Crippen molar-refractivity contribution in [3.8, 4) is 0 Å². The van der Waals surface area contributed by atoms with Gasteiger partial charge < -0.3 is 0 Å². The van der Waals surface area contributed by atoms with Crippen LogP contribution in [0.2, 0.25) is 0 Å². The van der Waals surface area contributed by atoms with Crippen LogP contribution in [0, 0.1) is 5.92 Å². The van der Waals surface area contributed by atoms with Crippen molar-refractivity contribution in [1.82, 2.24) is 0 Å². The van der Waals surface area contributed by atoms with Crippen LogP contribution in [0.1, 0.15) is 13.3 Å². The normalized spacial score (nSPS) is 27.1. The van der Waals surface area contributed by atoms with Gasteiger partial charge in [-0.15, -0.1) is 0 Å². The Kier molecular flexibility index (Phi) is 1.88. The van der Waals surface area contributed by atoms with Gasteiger partial charge in [-0.2, -0.15) is 0 Å². The highest BCUT2D eigenvalue weighted by molar-refractivity contribution is 5.58. The van der Waals surface area contributed by atoms with Crippen LogP contribution >= 0.6 is 0 Å². The second-order valence-corrected chi connectivity index (χ2v) is 4.34. The van der Waals surface area contributed by atoms with E-state index in [4.69, 9.17) is 0 Å². The molecule has 0 aromatic rings. The summed E-state index contributed by atoms with van der Waals surface area (Å²) in [6.07, 6.45) is 19.3. The molecule has 3 aliphatic rings. The van der Waals surface area contributed by atoms with Gasteiger partial charge in [0.1, 0.15) is 0 Å². The van der Waals surface area contributed by atoms with Gasteiger partial charge in [0.2, 0.25) is 0 Å². The Bertz CT molecular complexity index is 476. The van der Waals surface area contributed by atoms with E-state index in [-0.39, 0.29) is 0 Å². The molecule has 0 nitrogen and oxygen atoms in total. The molecule has 0 N–H and O–H groups in total. The highest BCUT2D eigenvalue weighted by atomic mass is 14.2. The van der Waals surface area contributed by atoms with Crippen molar-refractivity contribution in [3.05, 3.63) is 70.9 Å². The fraction of sp³-hybridized carbons (Fsp3) is 0.200. The Hall–Kier alpha value is -1.56. The second-order valence-electron chi connectivity index (χ2n) is 4.34. The molecule has 3 aliphatic carbocycles. The number of hydrogen-bond donors (Lipinski definition) is 0. The molecule has 0 fully saturated rings. The number of hydrogen-bond acceptors (Lipinski definition) is 0. The highest BCUT2D eigenvalue weighted by Crippen LogP contribution is 2.34. The van der Waals surface area contributed by atoms with Crippen LogP contribution in [-0.2, 0) is 0 Å². The molecule has 0 saturated carbocycles. The van der Waals surface area contributed by atoms with E-state index in [9.17, 15) is 0 Å². The monoisotopic (exact) mass is 194 g/mol. The molecule has 1 atom stereocenters. The van der Waals surface area contributed by atoms with E-state index in [2.05, 4.69) is 55.5 Å². The maximum atomic E-state index is 2.36. The van der Waals surface area contributed by atoms with Crippen molar-refractivity contribution >= 4 is 0 Å². The summed E-state index contributed by atoms with van der Waals surface area (Å²) in [7, 11) is 0. The zero-order chi connectivity index (χ0) is 10.3. The predicted octanol–water partition coefficient (Wildman–Crippen LogP) is 3.87. The summed E-state index contributed by atoms with van der Waals surface area (Å²) in [4.78, 5) is 0. The van der Waals surface area contributed by atoms with Crippen LogP contribution in [0.5, 0.6) is 0 Å². The molecule has 0 aliphatic heterocycles. The first-order valence-corrected chi connectivity index (χ1v) is 5.50. The average Bonchev–Trinajstić information content (AvgIpc) is 2.26. The summed E-state index contributed by atoms with van der Waals surface area (Å²) >= 11 is 0. The van der Waals surface area contributed by atoms with E-state index in [0.717, 1.165) is 6.42 Å². The Balaban J connectivity index is 2.06. The largest absolute Gasteiger partial charge is 0.0801 e. The van der Waals surface area contributed by atoms with Gasteiger partial charge in [-0.3, -0.25) is 0 Å². The summed E-state index contributed by atoms with van der Waals surface area (Å²) < 4.78 is 0. The fourth-order valence-corrected chi connectivity index (χ4v) is 2.33. The number of rotatable bonds is 0. The molecule has 0 heteroatoms. The first-order chi connectivity index (χ1) is 7.33. The van der Waals surface area contributed by atoms with E-state index in [1.165, 1.54) is 22.3 Å². The first-order valence-electron chi connectivity index (χ1n) is 5.50. The lowest BCUT2D eigenvalue weighted by Gasteiger charge is -2.23. The van der Waals surface area contributed by atoms with Crippen molar-refractivity contribution in [2.24, 2.45) is 5.92 Å². The zero-order valence-corrected chi connectivity index (χ0v) is 8.90. The van der Waals surface area contributed by atoms with Gasteiger partial charge in [-0.05, 0) is 30.1 Å². The summed E-state index contributed by atoms with van der Waals surface area (Å²) in [6, 6.07) is 0. The van der Waals surface area contributed by atoms with Crippen molar-refractivity contribution in [2.75, 3.05) is 0 Å². The summed E-state index contributed by atoms with van der Waals surface area (Å²) in [5, 5.41) is 0. The minimum absolute atomic E-state index is 0.489. The molecule has 15 heavy (non-hydrogen) atoms. The van der Waals surface area contributed by atoms with Gasteiger partial charge in [0.05, 0.1) is 0 Å². The van der Waals surface area contributed by atoms with Crippen LogP contribution in [-0.4, -0.2) is 0 Å². The van der Waals surface area contributed by atoms with Gasteiger partial charge in [-0.1, -0.05) is 54.2 Å². The van der Waals surface area contributed by atoms with Gasteiger partial charge in [0.15, 0.2) is 0 Å². The van der Waals surface area contributed by atoms with Crippen LogP contribution in [0.25, 0.3) is 0 Å². The first kappa shape index (κ1) is 8.72. The van der Waals surface area contributed by atoms with Crippen LogP contribution in [0.3, 0.4) is 0 Å². The topological polar surface area (TPSA) is 0 Å². The minimum atomic E-state index is 0.489. The zero-order valence-electron chi connectivity index (χ0n) is 8.90. The maximum Gasteiger partial charge on any atom is 0.0211 e. The average molecular weight is 194 g/mol. The number of fused-ring (bicyclic) bond motifs is 2. The van der Waals surface area contributed by atoms with Crippen molar-refractivity contribution in [2.45, 2.75) is 13.3 Å². The van der Waals surface area contributed by atoms with Crippen LogP contribution in [0.4, 0.5) is 0 Å². The van der Waals surface area contributed by atoms with E-state index in [1.807, 2.05) is 0 Å². The Labute approximate surface area is 90.7 Å². The minimum Gasteiger partial charge on any atom is -0.0801 e. The van der Waals surface area contributed by atoms with Gasteiger partial charge in [0.25, 0.3) is 0 Å². The maximum absolute atomic E-state index is 2.36.